The second-order valence-corrected chi connectivity index (χ2v) is 4.92. The van der Waals surface area contributed by atoms with Crippen LogP contribution < -0.4 is 5.32 Å². The van der Waals surface area contributed by atoms with Gasteiger partial charge in [-0.05, 0) is 6.42 Å². The van der Waals surface area contributed by atoms with Gasteiger partial charge in [0.1, 0.15) is 0 Å². The first-order valence-corrected chi connectivity index (χ1v) is 6.96. The van der Waals surface area contributed by atoms with Crippen LogP contribution in [0.3, 0.4) is 0 Å². The van der Waals surface area contributed by atoms with Gasteiger partial charge in [0.05, 0.1) is 0 Å². The Bertz CT molecular complexity index is 166. The molecule has 0 spiro atoms. The van der Waals surface area contributed by atoms with E-state index in [4.69, 9.17) is 0 Å². The number of unbranched alkanes of at least 4 members (excludes halogenated alkanes) is 7. The number of nitrogens with one attached hydrogen (secondary N) is 1. The van der Waals surface area contributed by atoms with E-state index in [0.29, 0.717) is 0 Å². The molecule has 0 rings (SSSR count). The maximum absolute atomic E-state index is 11.2. The molecule has 0 fully saturated rings. The standard InChI is InChI=1S/C14H29NO/c1-4-5-6-7-8-9-10-11-12-15-14(16)13(2)3/h13H,4-12H2,1-3H3,(H,15,16). The van der Waals surface area contributed by atoms with Crippen LogP contribution >= 0.6 is 0 Å². The van der Waals surface area contributed by atoms with Crippen LogP contribution in [0.4, 0.5) is 0 Å². The molecule has 96 valence electrons. The molecule has 16 heavy (non-hydrogen) atoms. The third kappa shape index (κ3) is 10.0. The Morgan fingerprint density at radius 3 is 1.94 bits per heavy atom. The molecule has 0 aliphatic rings. The number of amides is 1. The second-order valence-electron chi connectivity index (χ2n) is 4.92. The molecule has 0 bridgehead atoms. The van der Waals surface area contributed by atoms with Crippen LogP contribution in [-0.4, -0.2) is 12.5 Å². The van der Waals surface area contributed by atoms with Gasteiger partial charge in [0.25, 0.3) is 0 Å². The van der Waals surface area contributed by atoms with Crippen molar-refractivity contribution in [2.24, 2.45) is 5.92 Å². The number of rotatable bonds is 10. The van der Waals surface area contributed by atoms with E-state index in [9.17, 15) is 4.79 Å². The Labute approximate surface area is 101 Å². The quantitative estimate of drug-likeness (QED) is 0.563. The lowest BCUT2D eigenvalue weighted by molar-refractivity contribution is -0.123. The maximum Gasteiger partial charge on any atom is 0.222 e. The number of hydrogen-bond acceptors (Lipinski definition) is 1. The van der Waals surface area contributed by atoms with Crippen molar-refractivity contribution >= 4 is 5.91 Å². The highest BCUT2D eigenvalue weighted by molar-refractivity contribution is 5.77. The lowest BCUT2D eigenvalue weighted by Crippen LogP contribution is -2.28. The molecule has 0 aromatic heterocycles. The molecule has 2 heteroatoms. The Morgan fingerprint density at radius 1 is 0.938 bits per heavy atom. The average Bonchev–Trinajstić information content (AvgIpc) is 2.26. The van der Waals surface area contributed by atoms with Crippen LogP contribution in [0.2, 0.25) is 0 Å². The highest BCUT2D eigenvalue weighted by Gasteiger charge is 2.04. The molecule has 2 nitrogen and oxygen atoms in total. The molecule has 0 aromatic rings. The smallest absolute Gasteiger partial charge is 0.222 e. The van der Waals surface area contributed by atoms with E-state index in [1.807, 2.05) is 13.8 Å². The van der Waals surface area contributed by atoms with Crippen LogP contribution in [0, 0.1) is 5.92 Å². The zero-order chi connectivity index (χ0) is 12.2. The first kappa shape index (κ1) is 15.5. The van der Waals surface area contributed by atoms with E-state index in [1.54, 1.807) is 0 Å². The summed E-state index contributed by atoms with van der Waals surface area (Å²) in [4.78, 5) is 11.2. The fourth-order valence-corrected chi connectivity index (χ4v) is 1.67. The van der Waals surface area contributed by atoms with Crippen LogP contribution in [0.15, 0.2) is 0 Å². The number of hydrogen-bond donors (Lipinski definition) is 1. The molecule has 0 aliphatic carbocycles. The SMILES string of the molecule is CCCCCCCCCCNC(=O)C(C)C. The van der Waals surface area contributed by atoms with E-state index in [0.717, 1.165) is 13.0 Å². The lowest BCUT2D eigenvalue weighted by Gasteiger charge is -2.07. The summed E-state index contributed by atoms with van der Waals surface area (Å²) in [6.07, 6.45) is 10.5. The zero-order valence-corrected chi connectivity index (χ0v) is 11.3. The van der Waals surface area contributed by atoms with Gasteiger partial charge in [-0.3, -0.25) is 4.79 Å². The third-order valence-corrected chi connectivity index (χ3v) is 2.85. The normalized spacial score (nSPS) is 10.8. The van der Waals surface area contributed by atoms with Crippen molar-refractivity contribution in [1.29, 1.82) is 0 Å². The molecule has 0 unspecified atom stereocenters. The highest BCUT2D eigenvalue weighted by atomic mass is 16.1. The molecule has 0 radical (unpaired) electrons. The summed E-state index contributed by atoms with van der Waals surface area (Å²) in [5.74, 6) is 0.303. The Kier molecular flexibility index (Phi) is 10.6. The van der Waals surface area contributed by atoms with Gasteiger partial charge in [0.15, 0.2) is 0 Å². The van der Waals surface area contributed by atoms with Crippen molar-refractivity contribution in [2.45, 2.75) is 72.1 Å². The van der Waals surface area contributed by atoms with Gasteiger partial charge in [0, 0.05) is 12.5 Å². The largest absolute Gasteiger partial charge is 0.356 e. The molecular weight excluding hydrogens is 198 g/mol. The van der Waals surface area contributed by atoms with E-state index in [-0.39, 0.29) is 11.8 Å². The summed E-state index contributed by atoms with van der Waals surface area (Å²) < 4.78 is 0. The fraction of sp³-hybridized carbons (Fsp3) is 0.929. The second kappa shape index (κ2) is 11.0. The first-order chi connectivity index (χ1) is 7.68. The van der Waals surface area contributed by atoms with Crippen LogP contribution in [0.5, 0.6) is 0 Å². The molecular formula is C14H29NO. The van der Waals surface area contributed by atoms with E-state index >= 15 is 0 Å². The minimum Gasteiger partial charge on any atom is -0.356 e. The first-order valence-electron chi connectivity index (χ1n) is 6.96. The Balaban J connectivity index is 3.07. The fourth-order valence-electron chi connectivity index (χ4n) is 1.67. The Morgan fingerprint density at radius 2 is 1.44 bits per heavy atom. The van der Waals surface area contributed by atoms with Crippen molar-refractivity contribution in [3.05, 3.63) is 0 Å². The minimum absolute atomic E-state index is 0.119. The van der Waals surface area contributed by atoms with Gasteiger partial charge in [-0.2, -0.15) is 0 Å². The number of carbonyl (C=O) groups is 1. The van der Waals surface area contributed by atoms with Gasteiger partial charge in [-0.1, -0.05) is 65.7 Å². The van der Waals surface area contributed by atoms with Crippen LogP contribution in [0.25, 0.3) is 0 Å². The van der Waals surface area contributed by atoms with Crippen LogP contribution in [-0.2, 0) is 4.79 Å². The maximum atomic E-state index is 11.2. The predicted octanol–water partition coefficient (Wildman–Crippen LogP) is 3.90. The van der Waals surface area contributed by atoms with Gasteiger partial charge in [-0.15, -0.1) is 0 Å². The summed E-state index contributed by atoms with van der Waals surface area (Å²) >= 11 is 0. The van der Waals surface area contributed by atoms with Crippen LogP contribution in [0.1, 0.15) is 72.1 Å². The van der Waals surface area contributed by atoms with E-state index < -0.39 is 0 Å². The van der Waals surface area contributed by atoms with E-state index in [2.05, 4.69) is 12.2 Å². The summed E-state index contributed by atoms with van der Waals surface area (Å²) in [6, 6.07) is 0. The summed E-state index contributed by atoms with van der Waals surface area (Å²) in [5.41, 5.74) is 0. The van der Waals surface area contributed by atoms with Gasteiger partial charge >= 0.3 is 0 Å². The van der Waals surface area contributed by atoms with Gasteiger partial charge in [0.2, 0.25) is 5.91 Å². The third-order valence-electron chi connectivity index (χ3n) is 2.85. The molecule has 0 aromatic carbocycles. The van der Waals surface area contributed by atoms with Crippen molar-refractivity contribution in [3.8, 4) is 0 Å². The number of carbonyl (C=O) groups excluding carboxylic acids is 1. The molecule has 0 atom stereocenters. The summed E-state index contributed by atoms with van der Waals surface area (Å²) in [6.45, 7) is 6.97. The lowest BCUT2D eigenvalue weighted by atomic mass is 10.1. The summed E-state index contributed by atoms with van der Waals surface area (Å²) in [7, 11) is 0. The summed E-state index contributed by atoms with van der Waals surface area (Å²) in [5, 5.41) is 2.95. The molecule has 0 saturated carbocycles. The Hall–Kier alpha value is -0.530. The van der Waals surface area contributed by atoms with E-state index in [1.165, 1.54) is 44.9 Å². The molecule has 1 amide bonds. The zero-order valence-electron chi connectivity index (χ0n) is 11.3. The molecule has 1 N–H and O–H groups in total. The molecule has 0 aliphatic heterocycles. The average molecular weight is 227 g/mol. The van der Waals surface area contributed by atoms with Gasteiger partial charge in [-0.25, -0.2) is 0 Å². The van der Waals surface area contributed by atoms with Crippen molar-refractivity contribution in [3.63, 3.8) is 0 Å². The molecule has 0 heterocycles. The van der Waals surface area contributed by atoms with Gasteiger partial charge < -0.3 is 5.32 Å². The monoisotopic (exact) mass is 227 g/mol. The highest BCUT2D eigenvalue weighted by Crippen LogP contribution is 2.07. The van der Waals surface area contributed by atoms with Crippen molar-refractivity contribution in [2.75, 3.05) is 6.54 Å². The van der Waals surface area contributed by atoms with Crippen molar-refractivity contribution in [1.82, 2.24) is 5.32 Å². The molecule has 0 saturated heterocycles. The predicted molar refractivity (Wildman–Crippen MR) is 70.5 cm³/mol. The minimum atomic E-state index is 0.119. The topological polar surface area (TPSA) is 29.1 Å². The van der Waals surface area contributed by atoms with Crippen molar-refractivity contribution < 1.29 is 4.79 Å².